The molecule has 0 N–H and O–H groups in total. The fraction of sp³-hybridized carbons (Fsp3) is 0.296. The van der Waals surface area contributed by atoms with Crippen LogP contribution in [0.2, 0.25) is 0 Å². The summed E-state index contributed by atoms with van der Waals surface area (Å²) >= 11 is 0. The van der Waals surface area contributed by atoms with Crippen LogP contribution in [0.4, 0.5) is 0 Å². The van der Waals surface area contributed by atoms with Gasteiger partial charge in [-0.05, 0) is 43.7 Å². The number of hydrazone groups is 1. The number of fused-ring (bicyclic) bond motifs is 6. The van der Waals surface area contributed by atoms with Gasteiger partial charge in [-0.3, -0.25) is 9.59 Å². The molecule has 6 rings (SSSR count). The smallest absolute Gasteiger partial charge is 0.254 e. The molecule has 160 valence electrons. The van der Waals surface area contributed by atoms with Crippen LogP contribution in [0, 0.1) is 37.5 Å². The second-order valence-electron chi connectivity index (χ2n) is 9.32. The predicted octanol–water partition coefficient (Wildman–Crippen LogP) is 4.45. The van der Waals surface area contributed by atoms with Gasteiger partial charge in [-0.25, -0.2) is 0 Å². The van der Waals surface area contributed by atoms with Gasteiger partial charge < -0.3 is 4.57 Å². The highest BCUT2D eigenvalue weighted by atomic mass is 16.2. The Labute approximate surface area is 187 Å². The number of rotatable bonds is 4. The number of carbonyl (C=O) groups excluding carboxylic acids is 2. The Kier molecular flexibility index (Phi) is 4.22. The predicted molar refractivity (Wildman–Crippen MR) is 124 cm³/mol. The summed E-state index contributed by atoms with van der Waals surface area (Å²) in [6, 6.07) is 16.8. The molecule has 0 radical (unpaired) electrons. The van der Waals surface area contributed by atoms with Crippen LogP contribution in [-0.2, 0) is 16.1 Å². The van der Waals surface area contributed by atoms with Crippen molar-refractivity contribution in [2.24, 2.45) is 28.8 Å². The number of imide groups is 1. The van der Waals surface area contributed by atoms with E-state index < -0.39 is 0 Å². The maximum Gasteiger partial charge on any atom is 0.254 e. The molecule has 5 heteroatoms. The molecule has 1 aliphatic heterocycles. The maximum absolute atomic E-state index is 13.0. The summed E-state index contributed by atoms with van der Waals surface area (Å²) in [5.74, 6) is -0.347. The monoisotopic (exact) mass is 423 g/mol. The van der Waals surface area contributed by atoms with Gasteiger partial charge in [0.05, 0.1) is 18.1 Å². The van der Waals surface area contributed by atoms with Crippen LogP contribution in [0.3, 0.4) is 0 Å². The number of allylic oxidation sites excluding steroid dienone is 2. The summed E-state index contributed by atoms with van der Waals surface area (Å²) in [5, 5.41) is 6.65. The Morgan fingerprint density at radius 2 is 1.59 bits per heavy atom. The average Bonchev–Trinajstić information content (AvgIpc) is 3.53. The van der Waals surface area contributed by atoms with Crippen molar-refractivity contribution in [3.05, 3.63) is 83.1 Å². The number of carbonyl (C=O) groups is 2. The van der Waals surface area contributed by atoms with Gasteiger partial charge in [0.25, 0.3) is 11.8 Å². The topological polar surface area (TPSA) is 54.7 Å². The van der Waals surface area contributed by atoms with Gasteiger partial charge in [0.2, 0.25) is 0 Å². The molecule has 2 aromatic carbocycles. The summed E-state index contributed by atoms with van der Waals surface area (Å²) in [4.78, 5) is 26.0. The normalized spacial score (nSPS) is 26.2. The fourth-order valence-corrected chi connectivity index (χ4v) is 5.82. The SMILES string of the molecule is Cc1ccc(Cn2c(C)c(C=NN3C(=O)[C@@H]4[C@H](C3=O)[C@H]3C=C[C@H]4C3)c3ccccc32)cc1. The largest absolute Gasteiger partial charge is 0.340 e. The highest BCUT2D eigenvalue weighted by Gasteiger charge is 2.59. The van der Waals surface area contributed by atoms with E-state index >= 15 is 0 Å². The van der Waals surface area contributed by atoms with E-state index in [1.807, 2.05) is 12.1 Å². The molecule has 4 atom stereocenters. The van der Waals surface area contributed by atoms with Crippen LogP contribution >= 0.6 is 0 Å². The van der Waals surface area contributed by atoms with Crippen LogP contribution in [0.15, 0.2) is 65.8 Å². The molecule has 3 aliphatic rings. The lowest BCUT2D eigenvalue weighted by Crippen LogP contribution is -2.28. The number of benzene rings is 2. The Morgan fingerprint density at radius 1 is 0.938 bits per heavy atom. The van der Waals surface area contributed by atoms with E-state index in [0.717, 1.165) is 40.1 Å². The van der Waals surface area contributed by atoms with Crippen molar-refractivity contribution in [2.45, 2.75) is 26.8 Å². The molecular formula is C27H25N3O2. The molecule has 2 amide bonds. The molecule has 0 unspecified atom stereocenters. The number of hydrogen-bond donors (Lipinski definition) is 0. The van der Waals surface area contributed by atoms with E-state index in [-0.39, 0.29) is 35.5 Å². The lowest BCUT2D eigenvalue weighted by Gasteiger charge is -2.13. The van der Waals surface area contributed by atoms with Gasteiger partial charge in [0, 0.05) is 28.7 Å². The third kappa shape index (κ3) is 2.73. The van der Waals surface area contributed by atoms with Crippen molar-refractivity contribution in [1.82, 2.24) is 9.58 Å². The lowest BCUT2D eigenvalue weighted by molar-refractivity contribution is -0.140. The van der Waals surface area contributed by atoms with Crippen LogP contribution in [-0.4, -0.2) is 27.6 Å². The number of hydrogen-bond acceptors (Lipinski definition) is 3. The Morgan fingerprint density at radius 3 is 2.28 bits per heavy atom. The van der Waals surface area contributed by atoms with Crippen molar-refractivity contribution >= 4 is 28.9 Å². The van der Waals surface area contributed by atoms with Crippen molar-refractivity contribution in [3.63, 3.8) is 0 Å². The van der Waals surface area contributed by atoms with E-state index in [2.05, 4.69) is 72.1 Å². The van der Waals surface area contributed by atoms with Crippen molar-refractivity contribution < 1.29 is 9.59 Å². The molecule has 2 heterocycles. The lowest BCUT2D eigenvalue weighted by atomic mass is 9.85. The van der Waals surface area contributed by atoms with Gasteiger partial charge in [-0.1, -0.05) is 60.2 Å². The van der Waals surface area contributed by atoms with Crippen LogP contribution < -0.4 is 0 Å². The second kappa shape index (κ2) is 7.02. The molecule has 1 saturated heterocycles. The van der Waals surface area contributed by atoms with Crippen LogP contribution in [0.1, 0.15) is 28.8 Å². The Bertz CT molecular complexity index is 1280. The van der Waals surface area contributed by atoms with E-state index in [1.165, 1.54) is 11.1 Å². The molecular weight excluding hydrogens is 398 g/mol. The van der Waals surface area contributed by atoms with Crippen molar-refractivity contribution in [3.8, 4) is 0 Å². The molecule has 5 nitrogen and oxygen atoms in total. The maximum atomic E-state index is 13.0. The second-order valence-corrected chi connectivity index (χ2v) is 9.32. The summed E-state index contributed by atoms with van der Waals surface area (Å²) in [6.45, 7) is 4.91. The number of nitrogens with zero attached hydrogens (tertiary/aromatic N) is 3. The van der Waals surface area contributed by atoms with Gasteiger partial charge in [0.15, 0.2) is 0 Å². The van der Waals surface area contributed by atoms with Crippen molar-refractivity contribution in [1.29, 1.82) is 0 Å². The third-order valence-electron chi connectivity index (χ3n) is 7.49. The van der Waals surface area contributed by atoms with Crippen LogP contribution in [0.5, 0.6) is 0 Å². The summed E-state index contributed by atoms with van der Waals surface area (Å²) < 4.78 is 2.27. The minimum absolute atomic E-state index is 0.144. The molecule has 2 aliphatic carbocycles. The molecule has 1 aromatic heterocycles. The molecule has 0 spiro atoms. The summed E-state index contributed by atoms with van der Waals surface area (Å²) in [6.07, 6.45) is 6.84. The van der Waals surface area contributed by atoms with E-state index in [9.17, 15) is 9.59 Å². The fourth-order valence-electron chi connectivity index (χ4n) is 5.82. The minimum Gasteiger partial charge on any atom is -0.340 e. The van der Waals surface area contributed by atoms with E-state index in [0.29, 0.717) is 0 Å². The first kappa shape index (κ1) is 19.2. The first-order valence-electron chi connectivity index (χ1n) is 11.3. The molecule has 3 aromatic rings. The standard InChI is InChI=1S/C27H25N3O2/c1-16-7-9-18(10-8-16)15-29-17(2)22(21-5-3-4-6-23(21)29)14-28-30-26(31)24-19-11-12-20(13-19)25(24)27(30)32/h3-12,14,19-20,24-25H,13,15H2,1-2H3/t19-,20-,24-,25+/m0/s1. The van der Waals surface area contributed by atoms with Gasteiger partial charge in [-0.2, -0.15) is 10.1 Å². The van der Waals surface area contributed by atoms with Crippen molar-refractivity contribution in [2.75, 3.05) is 0 Å². The van der Waals surface area contributed by atoms with Gasteiger partial charge in [-0.15, -0.1) is 0 Å². The Hall–Kier alpha value is -3.47. The first-order valence-corrected chi connectivity index (χ1v) is 11.3. The number of aryl methyl sites for hydroxylation is 1. The van der Waals surface area contributed by atoms with Gasteiger partial charge >= 0.3 is 0 Å². The first-order chi connectivity index (χ1) is 15.5. The van der Waals surface area contributed by atoms with Crippen LogP contribution in [0.25, 0.3) is 10.9 Å². The highest BCUT2D eigenvalue weighted by molar-refractivity contribution is 6.08. The summed E-state index contributed by atoms with van der Waals surface area (Å²) in [5.41, 5.74) is 5.60. The van der Waals surface area contributed by atoms with E-state index in [1.54, 1.807) is 6.21 Å². The molecule has 2 fully saturated rings. The molecule has 1 saturated carbocycles. The zero-order chi connectivity index (χ0) is 22.0. The molecule has 2 bridgehead atoms. The number of para-hydroxylation sites is 1. The quantitative estimate of drug-likeness (QED) is 0.354. The minimum atomic E-state index is -0.223. The zero-order valence-electron chi connectivity index (χ0n) is 18.2. The number of aromatic nitrogens is 1. The van der Waals surface area contributed by atoms with Gasteiger partial charge in [0.1, 0.15) is 0 Å². The average molecular weight is 424 g/mol. The molecule has 32 heavy (non-hydrogen) atoms. The zero-order valence-corrected chi connectivity index (χ0v) is 18.2. The third-order valence-corrected chi connectivity index (χ3v) is 7.49. The Balaban J connectivity index is 1.35. The number of amides is 2. The summed E-state index contributed by atoms with van der Waals surface area (Å²) in [7, 11) is 0. The highest BCUT2D eigenvalue weighted by Crippen LogP contribution is 2.52. The van der Waals surface area contributed by atoms with E-state index in [4.69, 9.17) is 0 Å².